The van der Waals surface area contributed by atoms with E-state index >= 15 is 0 Å². The molecule has 0 aliphatic carbocycles. The van der Waals surface area contributed by atoms with Crippen LogP contribution in [0.1, 0.15) is 0 Å². The van der Waals surface area contributed by atoms with E-state index in [1.165, 1.54) is 12.1 Å². The molecule has 6 heteroatoms. The van der Waals surface area contributed by atoms with E-state index in [0.29, 0.717) is 9.37 Å². The predicted octanol–water partition coefficient (Wildman–Crippen LogP) is 3.54. The second kappa shape index (κ2) is 4.83. The van der Waals surface area contributed by atoms with E-state index in [1.807, 2.05) is 0 Å². The first-order valence-corrected chi connectivity index (χ1v) is 5.15. The Bertz CT molecular complexity index is 316. The molecule has 70 valence electrons. The Balaban J connectivity index is 2.71. The van der Waals surface area contributed by atoms with Gasteiger partial charge < -0.3 is 0 Å². The lowest BCUT2D eigenvalue weighted by Crippen LogP contribution is -2.04. The van der Waals surface area contributed by atoms with Crippen molar-refractivity contribution < 1.29 is 9.18 Å². The van der Waals surface area contributed by atoms with Crippen molar-refractivity contribution in [3.8, 4) is 0 Å². The molecular formula is C7H4BrClFNOS. The minimum absolute atomic E-state index is 0.374. The number of benzene rings is 1. The molecule has 0 unspecified atom stereocenters. The standard InChI is InChI=1S/C7H4BrClFNOS/c8-4-1-5(10)3-6(2-4)13-11-7(9)12/h1-3H,(H,11,12). The molecule has 1 aromatic rings. The van der Waals surface area contributed by atoms with Crippen molar-refractivity contribution in [1.29, 1.82) is 0 Å². The van der Waals surface area contributed by atoms with Gasteiger partial charge in [-0.15, -0.1) is 0 Å². The number of carbonyl (C=O) groups is 1. The Hall–Kier alpha value is -0.260. The van der Waals surface area contributed by atoms with Gasteiger partial charge in [-0.2, -0.15) is 0 Å². The minimum atomic E-state index is -0.689. The lowest BCUT2D eigenvalue weighted by molar-refractivity contribution is 0.264. The van der Waals surface area contributed by atoms with E-state index in [0.717, 1.165) is 11.9 Å². The van der Waals surface area contributed by atoms with Crippen LogP contribution in [0.15, 0.2) is 27.6 Å². The highest BCUT2D eigenvalue weighted by atomic mass is 79.9. The molecule has 13 heavy (non-hydrogen) atoms. The zero-order valence-corrected chi connectivity index (χ0v) is 9.34. The molecule has 0 aromatic heterocycles. The van der Waals surface area contributed by atoms with Crippen LogP contribution in [0, 0.1) is 5.82 Å². The number of nitrogens with one attached hydrogen (secondary N) is 1. The van der Waals surface area contributed by atoms with Gasteiger partial charge in [0.1, 0.15) is 5.82 Å². The molecule has 0 saturated heterocycles. The number of hydrogen-bond acceptors (Lipinski definition) is 2. The topological polar surface area (TPSA) is 29.1 Å². The zero-order chi connectivity index (χ0) is 9.84. The quantitative estimate of drug-likeness (QED) is 0.511. The lowest BCUT2D eigenvalue weighted by atomic mass is 10.3. The molecule has 0 bridgehead atoms. The maximum Gasteiger partial charge on any atom is 0.323 e. The molecule has 1 rings (SSSR count). The zero-order valence-electron chi connectivity index (χ0n) is 6.18. The van der Waals surface area contributed by atoms with Crippen LogP contribution in [-0.4, -0.2) is 5.37 Å². The summed E-state index contributed by atoms with van der Waals surface area (Å²) in [5.74, 6) is -0.374. The van der Waals surface area contributed by atoms with Crippen LogP contribution in [0.5, 0.6) is 0 Å². The molecule has 0 radical (unpaired) electrons. The summed E-state index contributed by atoms with van der Waals surface area (Å²) in [5.41, 5.74) is 0. The van der Waals surface area contributed by atoms with E-state index in [2.05, 4.69) is 20.7 Å². The molecular weight excluding hydrogens is 281 g/mol. The van der Waals surface area contributed by atoms with Crippen LogP contribution in [0.2, 0.25) is 0 Å². The minimum Gasteiger partial charge on any atom is -0.282 e. The number of hydrogen-bond donors (Lipinski definition) is 1. The van der Waals surface area contributed by atoms with Gasteiger partial charge in [0.05, 0.1) is 0 Å². The largest absolute Gasteiger partial charge is 0.323 e. The van der Waals surface area contributed by atoms with Crippen molar-refractivity contribution >= 4 is 44.8 Å². The van der Waals surface area contributed by atoms with Gasteiger partial charge in [-0.25, -0.2) is 4.39 Å². The van der Waals surface area contributed by atoms with E-state index in [1.54, 1.807) is 6.07 Å². The van der Waals surface area contributed by atoms with Gasteiger partial charge in [0, 0.05) is 9.37 Å². The molecule has 1 amide bonds. The Labute approximate surface area is 92.1 Å². The third-order valence-electron chi connectivity index (χ3n) is 1.09. The summed E-state index contributed by atoms with van der Waals surface area (Å²) in [5, 5.41) is -0.689. The summed E-state index contributed by atoms with van der Waals surface area (Å²) in [6.45, 7) is 0. The summed E-state index contributed by atoms with van der Waals surface area (Å²) in [7, 11) is 0. The van der Waals surface area contributed by atoms with E-state index in [4.69, 9.17) is 11.6 Å². The second-order valence-electron chi connectivity index (χ2n) is 2.08. The Kier molecular flexibility index (Phi) is 4.02. The van der Waals surface area contributed by atoms with Crippen molar-refractivity contribution in [2.45, 2.75) is 4.90 Å². The van der Waals surface area contributed by atoms with E-state index < -0.39 is 5.37 Å². The predicted molar refractivity (Wildman–Crippen MR) is 54.3 cm³/mol. The third-order valence-corrected chi connectivity index (χ3v) is 2.51. The maximum absolute atomic E-state index is 12.8. The molecule has 0 aliphatic rings. The van der Waals surface area contributed by atoms with Crippen LogP contribution in [0.4, 0.5) is 9.18 Å². The average molecular weight is 285 g/mol. The Morgan fingerprint density at radius 2 is 2.23 bits per heavy atom. The Morgan fingerprint density at radius 1 is 1.54 bits per heavy atom. The molecule has 2 nitrogen and oxygen atoms in total. The fraction of sp³-hybridized carbons (Fsp3) is 0. The fourth-order valence-electron chi connectivity index (χ4n) is 0.687. The SMILES string of the molecule is O=C(Cl)NSc1cc(F)cc(Br)c1. The third kappa shape index (κ3) is 3.97. The van der Waals surface area contributed by atoms with E-state index in [9.17, 15) is 9.18 Å². The summed E-state index contributed by atoms with van der Waals surface area (Å²) in [4.78, 5) is 10.9. The molecule has 1 N–H and O–H groups in total. The fourth-order valence-corrected chi connectivity index (χ4v) is 1.97. The first-order chi connectivity index (χ1) is 6.08. The molecule has 0 saturated carbocycles. The molecule has 0 atom stereocenters. The monoisotopic (exact) mass is 283 g/mol. The summed E-state index contributed by atoms with van der Waals surface area (Å²) in [6, 6.07) is 4.29. The number of halogens is 3. The van der Waals surface area contributed by atoms with Crippen molar-refractivity contribution in [3.63, 3.8) is 0 Å². The number of carbonyl (C=O) groups excluding carboxylic acids is 1. The van der Waals surface area contributed by atoms with Crippen molar-refractivity contribution in [3.05, 3.63) is 28.5 Å². The average Bonchev–Trinajstić information content (AvgIpc) is 1.99. The van der Waals surface area contributed by atoms with Gasteiger partial charge in [0.25, 0.3) is 0 Å². The number of amides is 1. The summed E-state index contributed by atoms with van der Waals surface area (Å²) < 4.78 is 15.6. The smallest absolute Gasteiger partial charge is 0.282 e. The van der Waals surface area contributed by atoms with Gasteiger partial charge in [-0.05, 0) is 41.7 Å². The molecule has 1 aromatic carbocycles. The summed E-state index contributed by atoms with van der Waals surface area (Å²) >= 11 is 9.11. The normalized spacial score (nSPS) is 9.77. The van der Waals surface area contributed by atoms with Gasteiger partial charge in [0.15, 0.2) is 0 Å². The molecule has 0 aliphatic heterocycles. The van der Waals surface area contributed by atoms with Crippen LogP contribution < -0.4 is 4.72 Å². The van der Waals surface area contributed by atoms with Crippen LogP contribution in [0.25, 0.3) is 0 Å². The Morgan fingerprint density at radius 3 is 2.77 bits per heavy atom. The van der Waals surface area contributed by atoms with Crippen LogP contribution in [0.3, 0.4) is 0 Å². The number of rotatable bonds is 2. The van der Waals surface area contributed by atoms with Crippen molar-refractivity contribution in [2.75, 3.05) is 0 Å². The van der Waals surface area contributed by atoms with E-state index in [-0.39, 0.29) is 5.82 Å². The maximum atomic E-state index is 12.8. The van der Waals surface area contributed by atoms with Crippen molar-refractivity contribution in [1.82, 2.24) is 4.72 Å². The molecule has 0 heterocycles. The lowest BCUT2D eigenvalue weighted by Gasteiger charge is -2.00. The van der Waals surface area contributed by atoms with Crippen LogP contribution in [-0.2, 0) is 0 Å². The van der Waals surface area contributed by atoms with Gasteiger partial charge >= 0.3 is 5.37 Å². The van der Waals surface area contributed by atoms with Crippen LogP contribution >= 0.6 is 39.5 Å². The second-order valence-corrected chi connectivity index (χ2v) is 4.22. The highest BCUT2D eigenvalue weighted by molar-refractivity contribution is 9.10. The summed E-state index contributed by atoms with van der Waals surface area (Å²) in [6.07, 6.45) is 0. The first-order valence-electron chi connectivity index (χ1n) is 3.16. The first kappa shape index (κ1) is 10.8. The van der Waals surface area contributed by atoms with Crippen molar-refractivity contribution in [2.24, 2.45) is 0 Å². The van der Waals surface area contributed by atoms with Gasteiger partial charge in [-0.1, -0.05) is 15.9 Å². The van der Waals surface area contributed by atoms with Gasteiger partial charge in [0.2, 0.25) is 0 Å². The molecule has 0 spiro atoms. The van der Waals surface area contributed by atoms with Gasteiger partial charge in [-0.3, -0.25) is 9.52 Å². The molecule has 0 fully saturated rings. The highest BCUT2D eigenvalue weighted by Crippen LogP contribution is 2.21. The highest BCUT2D eigenvalue weighted by Gasteiger charge is 2.01.